The van der Waals surface area contributed by atoms with Gasteiger partial charge in [-0.2, -0.15) is 5.10 Å². The summed E-state index contributed by atoms with van der Waals surface area (Å²) in [6.07, 6.45) is 9.16. The van der Waals surface area contributed by atoms with Gasteiger partial charge < -0.3 is 15.4 Å². The van der Waals surface area contributed by atoms with Crippen LogP contribution in [0.3, 0.4) is 0 Å². The predicted octanol–water partition coefficient (Wildman–Crippen LogP) is 3.10. The zero-order valence-corrected chi connectivity index (χ0v) is 13.6. The van der Waals surface area contributed by atoms with Gasteiger partial charge in [0.15, 0.2) is 5.11 Å². The summed E-state index contributed by atoms with van der Waals surface area (Å²) in [5.41, 5.74) is 0. The summed E-state index contributed by atoms with van der Waals surface area (Å²) in [7, 11) is 0. The molecule has 2 N–H and O–H groups in total. The summed E-state index contributed by atoms with van der Waals surface area (Å²) in [4.78, 5) is 0. The predicted molar refractivity (Wildman–Crippen MR) is 89.7 cm³/mol. The smallest absolute Gasteiger partial charge is 0.171 e. The minimum absolute atomic E-state index is 0.511. The third kappa shape index (κ3) is 5.28. The molecule has 1 aromatic heterocycles. The van der Waals surface area contributed by atoms with Crippen LogP contribution in [0.2, 0.25) is 0 Å². The first kappa shape index (κ1) is 16.2. The van der Waals surface area contributed by atoms with Gasteiger partial charge in [-0.05, 0) is 38.4 Å². The molecule has 1 aliphatic rings. The fourth-order valence-corrected chi connectivity index (χ4v) is 2.92. The molecule has 0 unspecified atom stereocenters. The Morgan fingerprint density at radius 2 is 2.24 bits per heavy atom. The molecule has 2 rings (SSSR count). The lowest BCUT2D eigenvalue weighted by Gasteiger charge is -2.24. The van der Waals surface area contributed by atoms with Crippen molar-refractivity contribution in [1.82, 2.24) is 15.1 Å². The highest BCUT2D eigenvalue weighted by Gasteiger charge is 2.18. The Bertz CT molecular complexity index is 429. The van der Waals surface area contributed by atoms with Crippen molar-refractivity contribution in [2.45, 2.75) is 51.5 Å². The molecule has 0 bridgehead atoms. The molecule has 0 radical (unpaired) electrons. The van der Waals surface area contributed by atoms with E-state index in [-0.39, 0.29) is 0 Å². The van der Waals surface area contributed by atoms with Crippen molar-refractivity contribution in [2.75, 3.05) is 25.1 Å². The van der Waals surface area contributed by atoms with E-state index in [2.05, 4.69) is 20.4 Å². The summed E-state index contributed by atoms with van der Waals surface area (Å²) in [5.74, 6) is 0.990. The third-order valence-corrected chi connectivity index (χ3v) is 4.03. The lowest BCUT2D eigenvalue weighted by Crippen LogP contribution is -2.31. The van der Waals surface area contributed by atoms with Gasteiger partial charge in [0, 0.05) is 25.8 Å². The number of thiocarbonyl (C=S) groups is 1. The van der Waals surface area contributed by atoms with Crippen LogP contribution in [0.1, 0.15) is 51.5 Å². The molecule has 21 heavy (non-hydrogen) atoms. The SMILES string of the molecule is CCOCCCNC(=S)Nc1ccnn1C1CCCCC1. The number of hydrogen-bond acceptors (Lipinski definition) is 3. The third-order valence-electron chi connectivity index (χ3n) is 3.79. The quantitative estimate of drug-likeness (QED) is 0.599. The molecule has 0 aliphatic heterocycles. The first-order valence-corrected chi connectivity index (χ1v) is 8.38. The second-order valence-electron chi connectivity index (χ2n) is 5.38. The summed E-state index contributed by atoms with van der Waals surface area (Å²) in [6.45, 7) is 4.37. The van der Waals surface area contributed by atoms with Gasteiger partial charge in [0.25, 0.3) is 0 Å². The topological polar surface area (TPSA) is 51.1 Å². The first-order chi connectivity index (χ1) is 10.3. The van der Waals surface area contributed by atoms with Crippen LogP contribution in [-0.4, -0.2) is 34.7 Å². The van der Waals surface area contributed by atoms with Crippen LogP contribution in [0.15, 0.2) is 12.3 Å². The van der Waals surface area contributed by atoms with Crippen LogP contribution in [0.4, 0.5) is 5.82 Å². The lowest BCUT2D eigenvalue weighted by atomic mass is 9.96. The van der Waals surface area contributed by atoms with E-state index in [1.165, 1.54) is 32.1 Å². The Morgan fingerprint density at radius 3 is 3.00 bits per heavy atom. The van der Waals surface area contributed by atoms with E-state index in [1.807, 2.05) is 19.2 Å². The number of rotatable bonds is 7. The highest BCUT2D eigenvalue weighted by molar-refractivity contribution is 7.80. The van der Waals surface area contributed by atoms with Gasteiger partial charge in [0.05, 0.1) is 12.2 Å². The Balaban J connectivity index is 1.77. The van der Waals surface area contributed by atoms with Crippen molar-refractivity contribution in [3.8, 4) is 0 Å². The highest BCUT2D eigenvalue weighted by atomic mass is 32.1. The fraction of sp³-hybridized carbons (Fsp3) is 0.733. The van der Waals surface area contributed by atoms with Gasteiger partial charge in [-0.1, -0.05) is 19.3 Å². The van der Waals surface area contributed by atoms with E-state index < -0.39 is 0 Å². The van der Waals surface area contributed by atoms with Crippen molar-refractivity contribution in [3.63, 3.8) is 0 Å². The summed E-state index contributed by atoms with van der Waals surface area (Å²) in [6, 6.07) is 2.50. The molecule has 6 heteroatoms. The molecule has 0 saturated heterocycles. The van der Waals surface area contributed by atoms with Crippen LogP contribution in [0.25, 0.3) is 0 Å². The molecule has 0 atom stereocenters. The minimum atomic E-state index is 0.511. The van der Waals surface area contributed by atoms with Crippen LogP contribution >= 0.6 is 12.2 Å². The second-order valence-corrected chi connectivity index (χ2v) is 5.79. The van der Waals surface area contributed by atoms with E-state index in [4.69, 9.17) is 17.0 Å². The normalized spacial score (nSPS) is 15.9. The maximum atomic E-state index is 5.34. The Hall–Kier alpha value is -1.14. The van der Waals surface area contributed by atoms with E-state index in [9.17, 15) is 0 Å². The van der Waals surface area contributed by atoms with Crippen molar-refractivity contribution in [2.24, 2.45) is 0 Å². The molecule has 1 fully saturated rings. The van der Waals surface area contributed by atoms with Crippen molar-refractivity contribution >= 4 is 23.1 Å². The van der Waals surface area contributed by atoms with Crippen LogP contribution in [0, 0.1) is 0 Å². The largest absolute Gasteiger partial charge is 0.382 e. The van der Waals surface area contributed by atoms with Gasteiger partial charge >= 0.3 is 0 Å². The van der Waals surface area contributed by atoms with Gasteiger partial charge in [0.2, 0.25) is 0 Å². The molecular weight excluding hydrogens is 284 g/mol. The van der Waals surface area contributed by atoms with Crippen molar-refractivity contribution < 1.29 is 4.74 Å². The molecule has 0 spiro atoms. The molecule has 1 aliphatic carbocycles. The molecular formula is C15H26N4OS. The van der Waals surface area contributed by atoms with Gasteiger partial charge in [0.1, 0.15) is 5.82 Å². The average Bonchev–Trinajstić information content (AvgIpc) is 2.96. The number of aromatic nitrogens is 2. The zero-order valence-electron chi connectivity index (χ0n) is 12.8. The number of nitrogens with one attached hydrogen (secondary N) is 2. The van der Waals surface area contributed by atoms with E-state index in [0.29, 0.717) is 11.2 Å². The van der Waals surface area contributed by atoms with E-state index >= 15 is 0 Å². The first-order valence-electron chi connectivity index (χ1n) is 7.97. The van der Waals surface area contributed by atoms with Crippen LogP contribution in [-0.2, 0) is 4.74 Å². The van der Waals surface area contributed by atoms with Crippen LogP contribution in [0.5, 0.6) is 0 Å². The number of anilines is 1. The van der Waals surface area contributed by atoms with Gasteiger partial charge in [-0.3, -0.25) is 0 Å². The zero-order chi connectivity index (χ0) is 14.9. The highest BCUT2D eigenvalue weighted by Crippen LogP contribution is 2.29. The summed E-state index contributed by atoms with van der Waals surface area (Å²) in [5, 5.41) is 11.6. The molecule has 1 saturated carbocycles. The molecule has 118 valence electrons. The monoisotopic (exact) mass is 310 g/mol. The maximum Gasteiger partial charge on any atom is 0.171 e. The standard InChI is InChI=1S/C15H26N4OS/c1-2-20-12-6-10-16-15(21)18-14-9-11-17-19(14)13-7-4-3-5-8-13/h9,11,13H,2-8,10,12H2,1H3,(H2,16,18,21). The Kier molecular flexibility index (Phi) is 6.95. The van der Waals surface area contributed by atoms with Crippen LogP contribution < -0.4 is 10.6 Å². The summed E-state index contributed by atoms with van der Waals surface area (Å²) < 4.78 is 7.39. The van der Waals surface area contributed by atoms with Gasteiger partial charge in [-0.25, -0.2) is 4.68 Å². The summed E-state index contributed by atoms with van der Waals surface area (Å²) >= 11 is 5.34. The van der Waals surface area contributed by atoms with Gasteiger partial charge in [-0.15, -0.1) is 0 Å². The molecule has 0 aromatic carbocycles. The minimum Gasteiger partial charge on any atom is -0.382 e. The molecule has 1 aromatic rings. The molecule has 5 nitrogen and oxygen atoms in total. The number of nitrogens with zero attached hydrogens (tertiary/aromatic N) is 2. The fourth-order valence-electron chi connectivity index (χ4n) is 2.71. The maximum absolute atomic E-state index is 5.34. The average molecular weight is 310 g/mol. The lowest BCUT2D eigenvalue weighted by molar-refractivity contribution is 0.146. The number of hydrogen-bond donors (Lipinski definition) is 2. The number of ether oxygens (including phenoxy) is 1. The second kappa shape index (κ2) is 9.00. The van der Waals surface area contributed by atoms with Crippen molar-refractivity contribution in [3.05, 3.63) is 12.3 Å². The Labute approximate surface area is 132 Å². The van der Waals surface area contributed by atoms with Crippen molar-refractivity contribution in [1.29, 1.82) is 0 Å². The molecule has 1 heterocycles. The molecule has 0 amide bonds. The van der Waals surface area contributed by atoms with E-state index in [1.54, 1.807) is 0 Å². The Morgan fingerprint density at radius 1 is 1.43 bits per heavy atom. The van der Waals surface area contributed by atoms with E-state index in [0.717, 1.165) is 32.0 Å².